The molecule has 0 aromatic heterocycles. The molecule has 0 aliphatic carbocycles. The van der Waals surface area contributed by atoms with Gasteiger partial charge in [0.15, 0.2) is 0 Å². The van der Waals surface area contributed by atoms with Crippen molar-refractivity contribution in [3.63, 3.8) is 0 Å². The first-order chi connectivity index (χ1) is 19.5. The topological polar surface area (TPSA) is 64.7 Å². The number of carbonyl (C=O) groups is 2. The summed E-state index contributed by atoms with van der Waals surface area (Å²) in [6.07, 6.45) is 5.34. The minimum Gasteiger partial charge on any atom is -0.350 e. The first-order valence-electron chi connectivity index (χ1n) is 14.8. The molecule has 2 aliphatic heterocycles. The number of amides is 2. The number of nitrogens with one attached hydrogen (secondary N) is 2. The molecule has 3 atom stereocenters. The maximum atomic E-state index is 13.8. The van der Waals surface area contributed by atoms with Gasteiger partial charge in [-0.1, -0.05) is 67.4 Å². The Labute approximate surface area is 243 Å². The van der Waals surface area contributed by atoms with Crippen LogP contribution in [0.4, 0.5) is 0 Å². The summed E-state index contributed by atoms with van der Waals surface area (Å²) in [5.74, 6) is 0.288. The van der Waals surface area contributed by atoms with Crippen LogP contribution in [0.5, 0.6) is 0 Å². The van der Waals surface area contributed by atoms with Crippen molar-refractivity contribution >= 4 is 34.2 Å². The zero-order chi connectivity index (χ0) is 27.9. The number of benzene rings is 3. The van der Waals surface area contributed by atoms with Gasteiger partial charge >= 0.3 is 0 Å². The Morgan fingerprint density at radius 1 is 1.00 bits per heavy atom. The first kappa shape index (κ1) is 28.6. The van der Waals surface area contributed by atoms with Gasteiger partial charge in [-0.05, 0) is 85.3 Å². The third-order valence-electron chi connectivity index (χ3n) is 8.43. The zero-order valence-electron chi connectivity index (χ0n) is 23.4. The third-order valence-corrected chi connectivity index (χ3v) is 8.68. The lowest BCUT2D eigenvalue weighted by molar-refractivity contribution is -0.133. The first-order valence-corrected chi connectivity index (χ1v) is 15.1. The molecule has 0 bridgehead atoms. The quantitative estimate of drug-likeness (QED) is 0.365. The van der Waals surface area contributed by atoms with Gasteiger partial charge in [0.1, 0.15) is 0 Å². The minimum absolute atomic E-state index is 0.0237. The van der Waals surface area contributed by atoms with Crippen LogP contribution in [0.2, 0.25) is 5.02 Å². The lowest BCUT2D eigenvalue weighted by Crippen LogP contribution is -2.50. The highest BCUT2D eigenvalue weighted by molar-refractivity contribution is 6.30. The number of nitrogens with zero attached hydrogens (tertiary/aromatic N) is 2. The average Bonchev–Trinajstić information content (AvgIpc) is 3.13. The second kappa shape index (κ2) is 13.6. The van der Waals surface area contributed by atoms with Gasteiger partial charge in [0.2, 0.25) is 5.91 Å². The Hall–Kier alpha value is -2.93. The predicted molar refractivity (Wildman–Crippen MR) is 163 cm³/mol. The molecular weight excluding hydrogens is 520 g/mol. The fraction of sp³-hybridized carbons (Fsp3) is 0.455. The van der Waals surface area contributed by atoms with E-state index in [1.165, 1.54) is 24.8 Å². The Morgan fingerprint density at radius 2 is 1.75 bits per heavy atom. The molecule has 3 unspecified atom stereocenters. The van der Waals surface area contributed by atoms with Crippen LogP contribution in [0.25, 0.3) is 10.8 Å². The normalized spacial score (nSPS) is 21.2. The lowest BCUT2D eigenvalue weighted by Gasteiger charge is -2.30. The highest BCUT2D eigenvalue weighted by Gasteiger charge is 2.32. The number of likely N-dealkylation sites (tertiary alicyclic amines) is 1. The molecular formula is C33H41ClN4O2. The van der Waals surface area contributed by atoms with Gasteiger partial charge in [0.25, 0.3) is 5.91 Å². The van der Waals surface area contributed by atoms with Crippen LogP contribution < -0.4 is 10.6 Å². The summed E-state index contributed by atoms with van der Waals surface area (Å²) in [6.45, 7) is 7.13. The number of hydrogen-bond acceptors (Lipinski definition) is 4. The van der Waals surface area contributed by atoms with E-state index in [1.54, 1.807) is 0 Å². The van der Waals surface area contributed by atoms with Gasteiger partial charge in [0.05, 0.1) is 6.04 Å². The minimum atomic E-state index is -0.260. The molecule has 2 aliphatic rings. The van der Waals surface area contributed by atoms with Crippen molar-refractivity contribution in [3.8, 4) is 0 Å². The van der Waals surface area contributed by atoms with Crippen molar-refractivity contribution in [3.05, 3.63) is 82.9 Å². The number of carbonyl (C=O) groups excluding carboxylic acids is 2. The molecule has 2 saturated heterocycles. The van der Waals surface area contributed by atoms with Crippen molar-refractivity contribution in [2.24, 2.45) is 0 Å². The fourth-order valence-electron chi connectivity index (χ4n) is 6.00. The summed E-state index contributed by atoms with van der Waals surface area (Å²) < 4.78 is 0. The van der Waals surface area contributed by atoms with Crippen LogP contribution >= 0.6 is 11.6 Å². The Bertz CT molecular complexity index is 1290. The second-order valence-electron chi connectivity index (χ2n) is 11.4. The van der Waals surface area contributed by atoms with Crippen LogP contribution in [0.3, 0.4) is 0 Å². The van der Waals surface area contributed by atoms with Gasteiger partial charge in [0, 0.05) is 42.8 Å². The summed E-state index contributed by atoms with van der Waals surface area (Å²) in [6, 6.07) is 21.6. The molecule has 2 fully saturated rings. The Balaban J connectivity index is 1.24. The van der Waals surface area contributed by atoms with Crippen molar-refractivity contribution in [2.75, 3.05) is 39.3 Å². The predicted octanol–water partition coefficient (Wildman–Crippen LogP) is 5.46. The number of rotatable bonds is 9. The van der Waals surface area contributed by atoms with Crippen molar-refractivity contribution in [1.82, 2.24) is 20.4 Å². The van der Waals surface area contributed by atoms with E-state index in [0.717, 1.165) is 48.3 Å². The van der Waals surface area contributed by atoms with Crippen LogP contribution in [0, 0.1) is 0 Å². The molecule has 3 aromatic carbocycles. The van der Waals surface area contributed by atoms with E-state index in [4.69, 9.17) is 11.6 Å². The molecule has 0 saturated carbocycles. The molecule has 2 N–H and O–H groups in total. The molecule has 2 amide bonds. The number of hydrogen-bond donors (Lipinski definition) is 2. The van der Waals surface area contributed by atoms with Gasteiger partial charge < -0.3 is 20.4 Å². The summed E-state index contributed by atoms with van der Waals surface area (Å²) in [4.78, 5) is 31.4. The van der Waals surface area contributed by atoms with Gasteiger partial charge in [-0.25, -0.2) is 0 Å². The molecule has 0 radical (unpaired) electrons. The number of halogens is 1. The van der Waals surface area contributed by atoms with E-state index in [1.807, 2.05) is 71.6 Å². The molecule has 7 heteroatoms. The monoisotopic (exact) mass is 560 g/mol. The van der Waals surface area contributed by atoms with Gasteiger partial charge in [-0.3, -0.25) is 9.59 Å². The van der Waals surface area contributed by atoms with Crippen LogP contribution in [-0.2, 0) is 4.79 Å². The third kappa shape index (κ3) is 7.42. The van der Waals surface area contributed by atoms with Crippen LogP contribution in [0.1, 0.15) is 60.9 Å². The van der Waals surface area contributed by atoms with Crippen LogP contribution in [-0.4, -0.2) is 73.0 Å². The molecule has 0 spiro atoms. The van der Waals surface area contributed by atoms with E-state index in [0.29, 0.717) is 25.2 Å². The van der Waals surface area contributed by atoms with Gasteiger partial charge in [-0.15, -0.1) is 0 Å². The SMILES string of the molecule is CC(CN1CCC(CNC(=O)c2ccc3ccccc3c2)NC(CCN2CCCCC2)C1=O)c1ccc(Cl)cc1. The van der Waals surface area contributed by atoms with E-state index in [-0.39, 0.29) is 29.8 Å². The largest absolute Gasteiger partial charge is 0.350 e. The van der Waals surface area contributed by atoms with Gasteiger partial charge in [-0.2, -0.15) is 0 Å². The Morgan fingerprint density at radius 3 is 2.52 bits per heavy atom. The summed E-state index contributed by atoms with van der Waals surface area (Å²) in [5, 5.41) is 9.67. The maximum absolute atomic E-state index is 13.8. The lowest BCUT2D eigenvalue weighted by atomic mass is 10.00. The molecule has 6 nitrogen and oxygen atoms in total. The highest BCUT2D eigenvalue weighted by Crippen LogP contribution is 2.22. The van der Waals surface area contributed by atoms with E-state index < -0.39 is 0 Å². The second-order valence-corrected chi connectivity index (χ2v) is 11.8. The molecule has 5 rings (SSSR count). The van der Waals surface area contributed by atoms with Crippen molar-refractivity contribution in [1.29, 1.82) is 0 Å². The molecule has 2 heterocycles. The van der Waals surface area contributed by atoms with E-state index in [9.17, 15) is 9.59 Å². The average molecular weight is 561 g/mol. The fourth-order valence-corrected chi connectivity index (χ4v) is 6.13. The zero-order valence-corrected chi connectivity index (χ0v) is 24.2. The summed E-state index contributed by atoms with van der Waals surface area (Å²) >= 11 is 6.10. The van der Waals surface area contributed by atoms with E-state index in [2.05, 4.69) is 22.5 Å². The van der Waals surface area contributed by atoms with Crippen molar-refractivity contribution < 1.29 is 9.59 Å². The molecule has 212 valence electrons. The number of piperidine rings is 1. The number of fused-ring (bicyclic) bond motifs is 1. The molecule has 3 aromatic rings. The standard InChI is InChI=1S/C33H41ClN4O2/c1-24(25-11-13-29(34)14-12-25)23-38-20-15-30(36-31(33(38)40)16-19-37-17-5-2-6-18-37)22-35-32(39)28-10-9-26-7-3-4-8-27(26)21-28/h3-4,7-14,21,24,30-31,36H,2,5-6,15-20,22-23H2,1H3,(H,35,39). The van der Waals surface area contributed by atoms with Crippen LogP contribution in [0.15, 0.2) is 66.7 Å². The summed E-state index contributed by atoms with van der Waals surface area (Å²) in [5.41, 5.74) is 1.84. The maximum Gasteiger partial charge on any atom is 0.251 e. The highest BCUT2D eigenvalue weighted by atomic mass is 35.5. The Kier molecular flexibility index (Phi) is 9.74. The summed E-state index contributed by atoms with van der Waals surface area (Å²) in [7, 11) is 0. The smallest absolute Gasteiger partial charge is 0.251 e. The van der Waals surface area contributed by atoms with Crippen molar-refractivity contribution in [2.45, 2.75) is 57.0 Å². The van der Waals surface area contributed by atoms with E-state index >= 15 is 0 Å². The molecule has 40 heavy (non-hydrogen) atoms.